The summed E-state index contributed by atoms with van der Waals surface area (Å²) in [6.07, 6.45) is 5.75. The predicted octanol–water partition coefficient (Wildman–Crippen LogP) is 8.23. The van der Waals surface area contributed by atoms with E-state index < -0.39 is 42.6 Å². The van der Waals surface area contributed by atoms with Crippen molar-refractivity contribution in [1.82, 2.24) is 0 Å². The first-order chi connectivity index (χ1) is 18.0. The van der Waals surface area contributed by atoms with Gasteiger partial charge < -0.3 is 19.7 Å². The van der Waals surface area contributed by atoms with Crippen LogP contribution in [0, 0.1) is 11.3 Å². The molecule has 1 unspecified atom stereocenters. The molecule has 0 bridgehead atoms. The fourth-order valence-corrected chi connectivity index (χ4v) is 5.19. The van der Waals surface area contributed by atoms with Crippen molar-refractivity contribution in [1.29, 1.82) is 0 Å². The summed E-state index contributed by atoms with van der Waals surface area (Å²) >= 11 is 0. The van der Waals surface area contributed by atoms with Crippen LogP contribution in [-0.2, 0) is 14.0 Å². The van der Waals surface area contributed by atoms with E-state index in [2.05, 4.69) is 33.9 Å². The Morgan fingerprint density at radius 1 is 0.975 bits per heavy atom. The maximum absolute atomic E-state index is 14.3. The minimum absolute atomic E-state index is 0.00495. The molecule has 0 aromatic carbocycles. The van der Waals surface area contributed by atoms with Gasteiger partial charge in [-0.2, -0.15) is 0 Å². The third-order valence-electron chi connectivity index (χ3n) is 8.13. The van der Waals surface area contributed by atoms with Gasteiger partial charge in [-0.15, -0.1) is 0 Å². The van der Waals surface area contributed by atoms with Gasteiger partial charge in [0, 0.05) is 11.5 Å². The van der Waals surface area contributed by atoms with Gasteiger partial charge in [0.1, 0.15) is 17.1 Å². The molecule has 0 spiro atoms. The highest BCUT2D eigenvalue weighted by molar-refractivity contribution is 6.74. The van der Waals surface area contributed by atoms with Crippen molar-refractivity contribution in [3.05, 3.63) is 57.6 Å². The van der Waals surface area contributed by atoms with Gasteiger partial charge in [-0.1, -0.05) is 64.0 Å². The van der Waals surface area contributed by atoms with Crippen molar-refractivity contribution in [2.24, 2.45) is 11.3 Å². The van der Waals surface area contributed by atoms with E-state index >= 15 is 0 Å². The summed E-state index contributed by atoms with van der Waals surface area (Å²) in [5.74, 6) is -2.34. The van der Waals surface area contributed by atoms with Gasteiger partial charge in [-0.05, 0) is 84.5 Å². The molecule has 7 heteroatoms. The lowest BCUT2D eigenvalue weighted by Crippen LogP contribution is -2.43. The Kier molecular flexibility index (Phi) is 11.8. The van der Waals surface area contributed by atoms with Crippen molar-refractivity contribution < 1.29 is 29.3 Å². The molecule has 6 nitrogen and oxygen atoms in total. The molecule has 226 valence electrons. The van der Waals surface area contributed by atoms with Crippen LogP contribution in [0.5, 0.6) is 0 Å². The summed E-state index contributed by atoms with van der Waals surface area (Å²) in [4.78, 5) is 27.7. The molecule has 1 atom stereocenters. The minimum atomic E-state index is -2.09. The highest BCUT2D eigenvalue weighted by Crippen LogP contribution is 2.49. The number of rotatable bonds is 12. The molecular weight excluding hydrogens is 520 g/mol. The highest BCUT2D eigenvalue weighted by atomic mass is 28.4. The molecule has 3 N–H and O–H groups in total. The third kappa shape index (κ3) is 8.40. The van der Waals surface area contributed by atoms with Crippen molar-refractivity contribution in [2.45, 2.75) is 119 Å². The summed E-state index contributed by atoms with van der Waals surface area (Å²) in [6.45, 7) is 25.3. The van der Waals surface area contributed by atoms with Crippen LogP contribution in [0.25, 0.3) is 0 Å². The quantitative estimate of drug-likeness (QED) is 0.123. The fraction of sp³-hybridized carbons (Fsp3) is 0.636. The molecule has 1 rings (SSSR count). The molecular formula is C33H54O6Si. The molecule has 1 aliphatic carbocycles. The van der Waals surface area contributed by atoms with E-state index in [1.54, 1.807) is 27.7 Å². The Balaban J connectivity index is 3.95. The number of carbonyl (C=O) groups excluding carboxylic acids is 2. The van der Waals surface area contributed by atoms with Crippen molar-refractivity contribution in [3.63, 3.8) is 0 Å². The molecule has 0 amide bonds. The van der Waals surface area contributed by atoms with Gasteiger partial charge >= 0.3 is 0 Å². The first kappa shape index (κ1) is 35.8. The van der Waals surface area contributed by atoms with Crippen LogP contribution in [-0.4, -0.2) is 47.4 Å². The lowest BCUT2D eigenvalue weighted by atomic mass is 9.64. The Hall–Kier alpha value is -2.22. The molecule has 0 aromatic heterocycles. The average molecular weight is 575 g/mol. The summed E-state index contributed by atoms with van der Waals surface area (Å²) in [5, 5.41) is 34.3. The topological polar surface area (TPSA) is 104 Å². The average Bonchev–Trinajstić information content (AvgIpc) is 2.78. The van der Waals surface area contributed by atoms with E-state index in [-0.39, 0.29) is 47.8 Å². The van der Waals surface area contributed by atoms with Crippen LogP contribution in [0.3, 0.4) is 0 Å². The molecule has 0 aliphatic heterocycles. The van der Waals surface area contributed by atoms with Gasteiger partial charge in [0.15, 0.2) is 19.9 Å². The van der Waals surface area contributed by atoms with Crippen LogP contribution < -0.4 is 0 Å². The number of Topliss-reactive ketones (excluding diaryl/α,β-unsaturated/α-hetero) is 2. The third-order valence-corrected chi connectivity index (χ3v) is 12.6. The molecule has 0 saturated carbocycles. The Morgan fingerprint density at radius 2 is 1.50 bits per heavy atom. The van der Waals surface area contributed by atoms with Gasteiger partial charge in [-0.25, -0.2) is 0 Å². The molecule has 40 heavy (non-hydrogen) atoms. The lowest BCUT2D eigenvalue weighted by Gasteiger charge is -2.40. The smallest absolute Gasteiger partial charge is 0.192 e. The van der Waals surface area contributed by atoms with E-state index in [0.717, 1.165) is 11.1 Å². The number of carbonyl (C=O) groups is 2. The van der Waals surface area contributed by atoms with Crippen molar-refractivity contribution in [3.8, 4) is 0 Å². The van der Waals surface area contributed by atoms with E-state index in [4.69, 9.17) is 4.43 Å². The summed E-state index contributed by atoms with van der Waals surface area (Å²) in [6, 6.07) is 0. The number of aliphatic hydroxyl groups is 3. The molecule has 1 aliphatic rings. The largest absolute Gasteiger partial charge is 0.511 e. The first-order valence-electron chi connectivity index (χ1n) is 14.3. The molecule has 0 fully saturated rings. The zero-order valence-electron chi connectivity index (χ0n) is 27.2. The van der Waals surface area contributed by atoms with Crippen LogP contribution >= 0.6 is 0 Å². The van der Waals surface area contributed by atoms with E-state index in [1.807, 2.05) is 45.9 Å². The number of hydrogen-bond acceptors (Lipinski definition) is 6. The van der Waals surface area contributed by atoms with Crippen LogP contribution in [0.1, 0.15) is 95.4 Å². The standard InChI is InChI=1S/C33H54O6Si/c1-21(2)14-15-25-28(35)26(27(34)23(5)6)30(37)33(29(25)36,18-16-22(3)4)20-24(32(10,11)38)17-19-39-40(12,13)31(7,8)9/h14,16-17,23,35-36,38H,15,18-20H2,1-13H3/b24-17-. The molecule has 0 radical (unpaired) electrons. The maximum atomic E-state index is 14.3. The second-order valence-electron chi connectivity index (χ2n) is 14.0. The maximum Gasteiger partial charge on any atom is 0.192 e. The predicted molar refractivity (Wildman–Crippen MR) is 167 cm³/mol. The number of ketones is 2. The van der Waals surface area contributed by atoms with Crippen LogP contribution in [0.15, 0.2) is 57.6 Å². The van der Waals surface area contributed by atoms with E-state index in [9.17, 15) is 24.9 Å². The lowest BCUT2D eigenvalue weighted by molar-refractivity contribution is -0.129. The zero-order chi connectivity index (χ0) is 31.4. The summed E-state index contributed by atoms with van der Waals surface area (Å²) < 4.78 is 6.36. The number of allylic oxidation sites excluding steroid dienone is 7. The van der Waals surface area contributed by atoms with Crippen molar-refractivity contribution in [2.75, 3.05) is 6.61 Å². The Morgan fingerprint density at radius 3 is 1.93 bits per heavy atom. The van der Waals surface area contributed by atoms with Crippen LogP contribution in [0.2, 0.25) is 18.1 Å². The molecule has 0 heterocycles. The number of aliphatic hydroxyl groups excluding tert-OH is 2. The van der Waals surface area contributed by atoms with E-state index in [0.29, 0.717) is 5.57 Å². The SMILES string of the molecule is CC(C)=CCC1=C(O)C(CC=C(C)C)(C/C(=C/CO[Si](C)(C)C(C)(C)C)C(C)(C)O)C(=O)C(C(=O)C(C)C)=C1O. The first-order valence-corrected chi connectivity index (χ1v) is 17.2. The minimum Gasteiger partial charge on any atom is -0.511 e. The summed E-state index contributed by atoms with van der Waals surface area (Å²) in [7, 11) is -2.09. The second kappa shape index (κ2) is 13.2. The van der Waals surface area contributed by atoms with E-state index in [1.165, 1.54) is 0 Å². The Labute approximate surface area is 243 Å². The molecule has 0 aromatic rings. The summed E-state index contributed by atoms with van der Waals surface area (Å²) in [5.41, 5.74) is -0.586. The highest BCUT2D eigenvalue weighted by Gasteiger charge is 2.52. The Bertz CT molecular complexity index is 1120. The van der Waals surface area contributed by atoms with Gasteiger partial charge in [0.25, 0.3) is 0 Å². The van der Waals surface area contributed by atoms with Crippen molar-refractivity contribution >= 4 is 19.9 Å². The van der Waals surface area contributed by atoms with Crippen LogP contribution in [0.4, 0.5) is 0 Å². The normalized spacial score (nSPS) is 19.4. The zero-order valence-corrected chi connectivity index (χ0v) is 28.2. The monoisotopic (exact) mass is 574 g/mol. The molecule has 0 saturated heterocycles. The fourth-order valence-electron chi connectivity index (χ4n) is 4.26. The second-order valence-corrected chi connectivity index (χ2v) is 18.8. The van der Waals surface area contributed by atoms with Gasteiger partial charge in [0.2, 0.25) is 0 Å². The van der Waals surface area contributed by atoms with Gasteiger partial charge in [-0.3, -0.25) is 9.59 Å². The number of hydrogen-bond donors (Lipinski definition) is 3. The van der Waals surface area contributed by atoms with Gasteiger partial charge in [0.05, 0.1) is 17.6 Å².